The molecule has 0 spiro atoms. The summed E-state index contributed by atoms with van der Waals surface area (Å²) in [6.07, 6.45) is 4.66. The van der Waals surface area contributed by atoms with Crippen LogP contribution in [-0.4, -0.2) is 46.7 Å². The molecule has 0 saturated heterocycles. The summed E-state index contributed by atoms with van der Waals surface area (Å²) >= 11 is 0. The molecule has 2 N–H and O–H groups in total. The van der Waals surface area contributed by atoms with Crippen LogP contribution in [0.4, 0.5) is 0 Å². The first-order valence-electron chi connectivity index (χ1n) is 7.10. The molecule has 1 aliphatic rings. The molecule has 0 bridgehead atoms. The molecule has 1 saturated carbocycles. The first-order valence-corrected chi connectivity index (χ1v) is 7.10. The number of nitrogens with zero attached hydrogens (tertiary/aromatic N) is 1. The van der Waals surface area contributed by atoms with Crippen LogP contribution in [0.5, 0.6) is 0 Å². The summed E-state index contributed by atoms with van der Waals surface area (Å²) in [7, 11) is 0. The van der Waals surface area contributed by atoms with Crippen molar-refractivity contribution < 1.29 is 9.90 Å². The average Bonchev–Trinajstić information content (AvgIpc) is 2.76. The lowest BCUT2D eigenvalue weighted by atomic mass is 10.1. The number of hydrogen-bond acceptors (Lipinski definition) is 3. The van der Waals surface area contributed by atoms with Crippen LogP contribution >= 0.6 is 0 Å². The molecule has 4 nitrogen and oxygen atoms in total. The largest absolute Gasteiger partial charge is 0.389 e. The number of hydrogen-bond donors (Lipinski definition) is 2. The highest BCUT2D eigenvalue weighted by molar-refractivity contribution is 5.81. The highest BCUT2D eigenvalue weighted by atomic mass is 16.3. The predicted molar refractivity (Wildman–Crippen MR) is 73.4 cm³/mol. The maximum absolute atomic E-state index is 12.2. The lowest BCUT2D eigenvalue weighted by Gasteiger charge is -2.32. The number of nitrogens with one attached hydrogen (secondary N) is 1. The summed E-state index contributed by atoms with van der Waals surface area (Å²) in [4.78, 5) is 14.2. The Morgan fingerprint density at radius 3 is 2.44 bits per heavy atom. The second-order valence-corrected chi connectivity index (χ2v) is 6.04. The fourth-order valence-electron chi connectivity index (χ4n) is 2.58. The molecule has 0 aromatic rings. The summed E-state index contributed by atoms with van der Waals surface area (Å²) in [5.74, 6) is 0.0907. The van der Waals surface area contributed by atoms with E-state index < -0.39 is 5.60 Å². The van der Waals surface area contributed by atoms with Gasteiger partial charge in [0.05, 0.1) is 11.6 Å². The van der Waals surface area contributed by atoms with Crippen molar-refractivity contribution in [1.29, 1.82) is 0 Å². The molecule has 1 rings (SSSR count). The van der Waals surface area contributed by atoms with Crippen molar-refractivity contribution in [3.63, 3.8) is 0 Å². The maximum Gasteiger partial charge on any atom is 0.237 e. The highest BCUT2D eigenvalue weighted by Gasteiger charge is 2.27. The van der Waals surface area contributed by atoms with E-state index in [1.807, 2.05) is 18.7 Å². The van der Waals surface area contributed by atoms with Gasteiger partial charge in [-0.1, -0.05) is 19.8 Å². The Bertz CT molecular complexity index is 267. The third-order valence-corrected chi connectivity index (χ3v) is 3.62. The van der Waals surface area contributed by atoms with Gasteiger partial charge in [-0.25, -0.2) is 0 Å². The maximum atomic E-state index is 12.2. The Hall–Kier alpha value is -0.610. The van der Waals surface area contributed by atoms with Crippen LogP contribution < -0.4 is 5.32 Å². The van der Waals surface area contributed by atoms with Gasteiger partial charge in [-0.15, -0.1) is 0 Å². The first kappa shape index (κ1) is 15.4. The number of carbonyl (C=O) groups excluding carboxylic acids is 1. The van der Waals surface area contributed by atoms with E-state index in [0.29, 0.717) is 12.6 Å². The molecular weight excluding hydrogens is 228 g/mol. The fourth-order valence-corrected chi connectivity index (χ4v) is 2.58. The Kier molecular flexibility index (Phi) is 5.60. The molecule has 1 fully saturated rings. The van der Waals surface area contributed by atoms with Gasteiger partial charge in [0, 0.05) is 12.6 Å². The van der Waals surface area contributed by atoms with Crippen LogP contribution in [-0.2, 0) is 4.79 Å². The Labute approximate surface area is 111 Å². The molecule has 106 valence electrons. The number of carbonyl (C=O) groups is 1. The van der Waals surface area contributed by atoms with E-state index in [9.17, 15) is 9.90 Å². The number of rotatable bonds is 6. The zero-order valence-corrected chi connectivity index (χ0v) is 12.2. The van der Waals surface area contributed by atoms with Gasteiger partial charge in [-0.05, 0) is 40.2 Å². The van der Waals surface area contributed by atoms with E-state index in [1.165, 1.54) is 12.8 Å². The second kappa shape index (κ2) is 6.53. The molecule has 0 aromatic heterocycles. The summed E-state index contributed by atoms with van der Waals surface area (Å²) in [6, 6.07) is 0.183. The standard InChI is InChI=1S/C14H28N2O2/c1-5-16(10-14(3,4)18)11(2)13(17)15-12-8-6-7-9-12/h11-12,18H,5-10H2,1-4H3,(H,15,17). The smallest absolute Gasteiger partial charge is 0.237 e. The van der Waals surface area contributed by atoms with E-state index in [0.717, 1.165) is 19.4 Å². The lowest BCUT2D eigenvalue weighted by molar-refractivity contribution is -0.127. The van der Waals surface area contributed by atoms with E-state index >= 15 is 0 Å². The molecule has 4 heteroatoms. The van der Waals surface area contributed by atoms with Crippen molar-refractivity contribution in [1.82, 2.24) is 10.2 Å². The van der Waals surface area contributed by atoms with Crippen molar-refractivity contribution in [2.45, 2.75) is 71.1 Å². The summed E-state index contributed by atoms with van der Waals surface area (Å²) in [5, 5.41) is 13.0. The van der Waals surface area contributed by atoms with Crippen LogP contribution in [0.25, 0.3) is 0 Å². The van der Waals surface area contributed by atoms with Gasteiger partial charge in [0.15, 0.2) is 0 Å². The summed E-state index contributed by atoms with van der Waals surface area (Å²) in [6.45, 7) is 8.77. The normalized spacial score (nSPS) is 19.2. The minimum Gasteiger partial charge on any atom is -0.389 e. The van der Waals surface area contributed by atoms with E-state index in [2.05, 4.69) is 5.32 Å². The van der Waals surface area contributed by atoms with Crippen LogP contribution in [0.15, 0.2) is 0 Å². The monoisotopic (exact) mass is 256 g/mol. The number of amides is 1. The van der Waals surface area contributed by atoms with Crippen LogP contribution in [0.1, 0.15) is 53.4 Å². The van der Waals surface area contributed by atoms with Crippen molar-refractivity contribution in [3.8, 4) is 0 Å². The van der Waals surface area contributed by atoms with Gasteiger partial charge in [0.25, 0.3) is 0 Å². The molecule has 0 radical (unpaired) electrons. The molecule has 1 unspecified atom stereocenters. The quantitative estimate of drug-likeness (QED) is 0.758. The molecule has 1 atom stereocenters. The summed E-state index contributed by atoms with van der Waals surface area (Å²) < 4.78 is 0. The van der Waals surface area contributed by atoms with Gasteiger partial charge in [-0.3, -0.25) is 9.69 Å². The van der Waals surface area contributed by atoms with Gasteiger partial charge >= 0.3 is 0 Å². The Balaban J connectivity index is 2.48. The number of aliphatic hydroxyl groups is 1. The SMILES string of the molecule is CCN(CC(C)(C)O)C(C)C(=O)NC1CCCC1. The molecular formula is C14H28N2O2. The van der Waals surface area contributed by atoms with Crippen molar-refractivity contribution >= 4 is 5.91 Å². The zero-order valence-electron chi connectivity index (χ0n) is 12.2. The highest BCUT2D eigenvalue weighted by Crippen LogP contribution is 2.18. The minimum absolute atomic E-state index is 0.0907. The van der Waals surface area contributed by atoms with Crippen LogP contribution in [0.3, 0.4) is 0 Å². The Morgan fingerprint density at radius 2 is 2.00 bits per heavy atom. The average molecular weight is 256 g/mol. The van der Waals surface area contributed by atoms with E-state index in [-0.39, 0.29) is 11.9 Å². The molecule has 1 aliphatic carbocycles. The third-order valence-electron chi connectivity index (χ3n) is 3.62. The first-order chi connectivity index (χ1) is 8.33. The molecule has 1 amide bonds. The van der Waals surface area contributed by atoms with Gasteiger partial charge < -0.3 is 10.4 Å². The molecule has 18 heavy (non-hydrogen) atoms. The second-order valence-electron chi connectivity index (χ2n) is 6.04. The Morgan fingerprint density at radius 1 is 1.44 bits per heavy atom. The van der Waals surface area contributed by atoms with Crippen molar-refractivity contribution in [2.24, 2.45) is 0 Å². The van der Waals surface area contributed by atoms with Crippen molar-refractivity contribution in [3.05, 3.63) is 0 Å². The van der Waals surface area contributed by atoms with E-state index in [4.69, 9.17) is 0 Å². The van der Waals surface area contributed by atoms with Crippen LogP contribution in [0, 0.1) is 0 Å². The van der Waals surface area contributed by atoms with Gasteiger partial charge in [0.1, 0.15) is 0 Å². The molecule has 0 aromatic carbocycles. The van der Waals surface area contributed by atoms with E-state index in [1.54, 1.807) is 13.8 Å². The van der Waals surface area contributed by atoms with Gasteiger partial charge in [-0.2, -0.15) is 0 Å². The molecule has 0 heterocycles. The van der Waals surface area contributed by atoms with Crippen molar-refractivity contribution in [2.75, 3.05) is 13.1 Å². The third kappa shape index (κ3) is 4.94. The fraction of sp³-hybridized carbons (Fsp3) is 0.929. The molecule has 0 aliphatic heterocycles. The zero-order chi connectivity index (χ0) is 13.8. The van der Waals surface area contributed by atoms with Gasteiger partial charge in [0.2, 0.25) is 5.91 Å². The predicted octanol–water partition coefficient (Wildman–Crippen LogP) is 1.53. The minimum atomic E-state index is -0.766. The lowest BCUT2D eigenvalue weighted by Crippen LogP contribution is -2.51. The van der Waals surface area contributed by atoms with Crippen LogP contribution in [0.2, 0.25) is 0 Å². The summed E-state index contributed by atoms with van der Waals surface area (Å²) in [5.41, 5.74) is -0.766. The topological polar surface area (TPSA) is 52.6 Å². The number of likely N-dealkylation sites (N-methyl/N-ethyl adjacent to an activating group) is 1.